The van der Waals surface area contributed by atoms with Gasteiger partial charge in [0.25, 0.3) is 0 Å². The molecule has 3 heteroatoms. The minimum Gasteiger partial charge on any atom is -0.306 e. The third-order valence-electron chi connectivity index (χ3n) is 3.08. The van der Waals surface area contributed by atoms with Crippen LogP contribution in [0, 0.1) is 19.8 Å². The summed E-state index contributed by atoms with van der Waals surface area (Å²) in [5.74, 6) is 0.675. The lowest BCUT2D eigenvalue weighted by Gasteiger charge is -2.30. The van der Waals surface area contributed by atoms with Crippen molar-refractivity contribution in [3.63, 3.8) is 0 Å². The Labute approximate surface area is 110 Å². The molecule has 17 heavy (non-hydrogen) atoms. The molecule has 98 valence electrons. The molecule has 0 aliphatic heterocycles. The second-order valence-corrected chi connectivity index (χ2v) is 6.72. The maximum atomic E-state index is 4.74. The van der Waals surface area contributed by atoms with Crippen molar-refractivity contribution in [2.45, 2.75) is 59.9 Å². The van der Waals surface area contributed by atoms with Gasteiger partial charge in [0.15, 0.2) is 0 Å². The molecule has 0 saturated heterocycles. The van der Waals surface area contributed by atoms with E-state index in [-0.39, 0.29) is 5.54 Å². The summed E-state index contributed by atoms with van der Waals surface area (Å²) in [6, 6.07) is 0. The standard InChI is InChI=1S/C14H26N2S/c1-7-8-15-14(6,9-10(2)3)13-16-11(4)12(5)17-13/h10,15H,7-9H2,1-6H3. The maximum Gasteiger partial charge on any atom is 0.113 e. The first-order chi connectivity index (χ1) is 7.89. The summed E-state index contributed by atoms with van der Waals surface area (Å²) in [6.07, 6.45) is 2.30. The fourth-order valence-corrected chi connectivity index (χ4v) is 3.21. The van der Waals surface area contributed by atoms with Gasteiger partial charge in [-0.1, -0.05) is 20.8 Å². The highest BCUT2D eigenvalue weighted by Gasteiger charge is 2.30. The maximum absolute atomic E-state index is 4.74. The van der Waals surface area contributed by atoms with Crippen LogP contribution in [0.3, 0.4) is 0 Å². The van der Waals surface area contributed by atoms with Gasteiger partial charge in [0.05, 0.1) is 11.2 Å². The molecule has 0 aliphatic rings. The van der Waals surface area contributed by atoms with E-state index < -0.39 is 0 Å². The van der Waals surface area contributed by atoms with Crippen molar-refractivity contribution in [3.8, 4) is 0 Å². The molecule has 0 saturated carbocycles. The topological polar surface area (TPSA) is 24.9 Å². The van der Waals surface area contributed by atoms with Crippen LogP contribution >= 0.6 is 11.3 Å². The molecule has 0 fully saturated rings. The van der Waals surface area contributed by atoms with E-state index in [4.69, 9.17) is 4.98 Å². The number of aryl methyl sites for hydroxylation is 2. The molecular formula is C14H26N2S. The number of hydrogen-bond donors (Lipinski definition) is 1. The third-order valence-corrected chi connectivity index (χ3v) is 4.42. The average Bonchev–Trinajstić information content (AvgIpc) is 2.56. The summed E-state index contributed by atoms with van der Waals surface area (Å²) in [5.41, 5.74) is 1.21. The van der Waals surface area contributed by atoms with Crippen molar-refractivity contribution in [2.75, 3.05) is 6.54 Å². The molecule has 1 unspecified atom stereocenters. The largest absolute Gasteiger partial charge is 0.306 e. The number of hydrogen-bond acceptors (Lipinski definition) is 3. The van der Waals surface area contributed by atoms with E-state index in [1.807, 2.05) is 11.3 Å². The van der Waals surface area contributed by atoms with E-state index in [0.717, 1.165) is 19.4 Å². The lowest BCUT2D eigenvalue weighted by atomic mass is 9.91. The summed E-state index contributed by atoms with van der Waals surface area (Å²) in [5, 5.41) is 4.93. The third kappa shape index (κ3) is 3.78. The molecular weight excluding hydrogens is 228 g/mol. The van der Waals surface area contributed by atoms with Crippen LogP contribution < -0.4 is 5.32 Å². The molecule has 1 atom stereocenters. The number of nitrogens with zero attached hydrogens (tertiary/aromatic N) is 1. The van der Waals surface area contributed by atoms with Crippen LogP contribution in [0.15, 0.2) is 0 Å². The van der Waals surface area contributed by atoms with E-state index in [1.54, 1.807) is 0 Å². The fraction of sp³-hybridized carbons (Fsp3) is 0.786. The van der Waals surface area contributed by atoms with Gasteiger partial charge < -0.3 is 5.32 Å². The Morgan fingerprint density at radius 1 is 1.35 bits per heavy atom. The van der Waals surface area contributed by atoms with Crippen LogP contribution in [-0.4, -0.2) is 11.5 Å². The van der Waals surface area contributed by atoms with Gasteiger partial charge >= 0.3 is 0 Å². The zero-order chi connectivity index (χ0) is 13.1. The Morgan fingerprint density at radius 2 is 2.00 bits per heavy atom. The minimum atomic E-state index is 0.0356. The fourth-order valence-electron chi connectivity index (χ4n) is 2.16. The highest BCUT2D eigenvalue weighted by molar-refractivity contribution is 7.11. The summed E-state index contributed by atoms with van der Waals surface area (Å²) in [6.45, 7) is 14.4. The van der Waals surface area contributed by atoms with Crippen molar-refractivity contribution in [3.05, 3.63) is 15.6 Å². The number of thiazole rings is 1. The lowest BCUT2D eigenvalue weighted by Crippen LogP contribution is -2.41. The van der Waals surface area contributed by atoms with E-state index >= 15 is 0 Å². The van der Waals surface area contributed by atoms with Crippen LogP contribution in [0.25, 0.3) is 0 Å². The highest BCUT2D eigenvalue weighted by atomic mass is 32.1. The van der Waals surface area contributed by atoms with Crippen LogP contribution in [0.2, 0.25) is 0 Å². The quantitative estimate of drug-likeness (QED) is 0.829. The molecule has 0 amide bonds. The smallest absolute Gasteiger partial charge is 0.113 e. The minimum absolute atomic E-state index is 0.0356. The van der Waals surface area contributed by atoms with E-state index in [2.05, 4.69) is 46.9 Å². The molecule has 0 bridgehead atoms. The van der Waals surface area contributed by atoms with Crippen molar-refractivity contribution in [1.29, 1.82) is 0 Å². The SMILES string of the molecule is CCCNC(C)(CC(C)C)c1nc(C)c(C)s1. The summed E-state index contributed by atoms with van der Waals surface area (Å²) >= 11 is 1.84. The van der Waals surface area contributed by atoms with Crippen LogP contribution in [0.4, 0.5) is 0 Å². The molecule has 0 aliphatic carbocycles. The summed E-state index contributed by atoms with van der Waals surface area (Å²) < 4.78 is 0. The molecule has 1 aromatic rings. The predicted molar refractivity (Wildman–Crippen MR) is 76.7 cm³/mol. The van der Waals surface area contributed by atoms with E-state index in [1.165, 1.54) is 15.6 Å². The van der Waals surface area contributed by atoms with E-state index in [0.29, 0.717) is 5.92 Å². The van der Waals surface area contributed by atoms with Crippen molar-refractivity contribution < 1.29 is 0 Å². The number of aromatic nitrogens is 1. The number of nitrogens with one attached hydrogen (secondary N) is 1. The van der Waals surface area contributed by atoms with Crippen molar-refractivity contribution >= 4 is 11.3 Å². The molecule has 0 radical (unpaired) electrons. The molecule has 1 rings (SSSR count). The predicted octanol–water partition coefficient (Wildman–Crippen LogP) is 4.02. The first kappa shape index (κ1) is 14.7. The van der Waals surface area contributed by atoms with Crippen molar-refractivity contribution in [2.24, 2.45) is 5.92 Å². The average molecular weight is 254 g/mol. The van der Waals surface area contributed by atoms with Gasteiger partial charge in [-0.15, -0.1) is 11.3 Å². The Bertz CT molecular complexity index is 338. The number of rotatable bonds is 6. The lowest BCUT2D eigenvalue weighted by molar-refractivity contribution is 0.297. The monoisotopic (exact) mass is 254 g/mol. The normalized spacial score (nSPS) is 15.2. The molecule has 0 spiro atoms. The van der Waals surface area contributed by atoms with Gasteiger partial charge in [0.1, 0.15) is 5.01 Å². The van der Waals surface area contributed by atoms with Crippen LogP contribution in [0.1, 0.15) is 56.1 Å². The summed E-state index contributed by atoms with van der Waals surface area (Å²) in [4.78, 5) is 6.09. The van der Waals surface area contributed by atoms with Crippen LogP contribution in [0.5, 0.6) is 0 Å². The van der Waals surface area contributed by atoms with Gasteiger partial charge in [-0.2, -0.15) is 0 Å². The van der Waals surface area contributed by atoms with Gasteiger partial charge in [-0.05, 0) is 46.1 Å². The van der Waals surface area contributed by atoms with Gasteiger partial charge in [-0.25, -0.2) is 4.98 Å². The Morgan fingerprint density at radius 3 is 2.41 bits per heavy atom. The Hall–Kier alpha value is -0.410. The van der Waals surface area contributed by atoms with Gasteiger partial charge in [0.2, 0.25) is 0 Å². The molecule has 1 N–H and O–H groups in total. The molecule has 1 heterocycles. The van der Waals surface area contributed by atoms with E-state index in [9.17, 15) is 0 Å². The molecule has 1 aromatic heterocycles. The zero-order valence-corrected chi connectivity index (χ0v) is 12.9. The second-order valence-electron chi connectivity index (χ2n) is 5.52. The zero-order valence-electron chi connectivity index (χ0n) is 12.1. The summed E-state index contributed by atoms with van der Waals surface area (Å²) in [7, 11) is 0. The van der Waals surface area contributed by atoms with Crippen LogP contribution in [-0.2, 0) is 5.54 Å². The van der Waals surface area contributed by atoms with Gasteiger partial charge in [0, 0.05) is 4.88 Å². The Kier molecular flexibility index (Phi) is 5.14. The molecule has 0 aromatic carbocycles. The Balaban J connectivity index is 2.95. The van der Waals surface area contributed by atoms with Gasteiger partial charge in [-0.3, -0.25) is 0 Å². The van der Waals surface area contributed by atoms with Crippen molar-refractivity contribution in [1.82, 2.24) is 10.3 Å². The second kappa shape index (κ2) is 5.96. The first-order valence-corrected chi connectivity index (χ1v) is 7.40. The first-order valence-electron chi connectivity index (χ1n) is 6.58. The molecule has 2 nitrogen and oxygen atoms in total. The highest BCUT2D eigenvalue weighted by Crippen LogP contribution is 2.32.